The Morgan fingerprint density at radius 3 is 2.86 bits per heavy atom. The van der Waals surface area contributed by atoms with E-state index in [0.29, 0.717) is 23.2 Å². The third-order valence-corrected chi connectivity index (χ3v) is 3.55. The third kappa shape index (κ3) is 2.94. The Morgan fingerprint density at radius 1 is 1.32 bits per heavy atom. The maximum absolute atomic E-state index is 11.4. The van der Waals surface area contributed by atoms with Gasteiger partial charge in [-0.1, -0.05) is 11.2 Å². The molecule has 2 heterocycles. The van der Waals surface area contributed by atoms with Crippen molar-refractivity contribution < 1.29 is 14.1 Å². The Morgan fingerprint density at radius 2 is 2.14 bits per heavy atom. The zero-order valence-electron chi connectivity index (χ0n) is 12.7. The zero-order chi connectivity index (χ0) is 15.7. The summed E-state index contributed by atoms with van der Waals surface area (Å²) in [6.45, 7) is 5.85. The summed E-state index contributed by atoms with van der Waals surface area (Å²) in [7, 11) is 0. The van der Waals surface area contributed by atoms with E-state index in [9.17, 15) is 4.79 Å². The first-order chi connectivity index (χ1) is 10.5. The number of anilines is 1. The van der Waals surface area contributed by atoms with Crippen molar-refractivity contribution >= 4 is 11.6 Å². The van der Waals surface area contributed by atoms with Crippen LogP contribution in [0.15, 0.2) is 22.7 Å². The fraction of sp³-hybridized carbons (Fsp3) is 0.400. The summed E-state index contributed by atoms with van der Waals surface area (Å²) in [5.74, 6) is 1.72. The molecule has 1 amide bonds. The highest BCUT2D eigenvalue weighted by molar-refractivity contribution is 5.95. The standard InChI is InChI=1S/C15H18N4O3/c1-8(16-9(2)15-17-10(3)19-22-15)11-4-5-13-12(6-11)18-14(20)7-21-13/h4-6,8-9,16H,7H2,1-3H3,(H,18,20)/t8-,9+/m1/s1. The number of carbonyl (C=O) groups excluding carboxylic acids is 1. The Balaban J connectivity index is 1.73. The van der Waals surface area contributed by atoms with Crippen LogP contribution in [0, 0.1) is 6.92 Å². The molecule has 2 aromatic rings. The second-order valence-electron chi connectivity index (χ2n) is 5.38. The van der Waals surface area contributed by atoms with Crippen LogP contribution in [0.3, 0.4) is 0 Å². The molecule has 22 heavy (non-hydrogen) atoms. The maximum Gasteiger partial charge on any atom is 0.262 e. The minimum Gasteiger partial charge on any atom is -0.482 e. The van der Waals surface area contributed by atoms with Crippen molar-refractivity contribution in [3.8, 4) is 5.75 Å². The Bertz CT molecular complexity index is 698. The molecule has 2 N–H and O–H groups in total. The predicted molar refractivity (Wildman–Crippen MR) is 79.6 cm³/mol. The smallest absolute Gasteiger partial charge is 0.262 e. The molecule has 7 heteroatoms. The lowest BCUT2D eigenvalue weighted by molar-refractivity contribution is -0.118. The van der Waals surface area contributed by atoms with E-state index in [1.807, 2.05) is 32.0 Å². The van der Waals surface area contributed by atoms with Crippen LogP contribution in [-0.2, 0) is 4.79 Å². The normalized spacial score (nSPS) is 16.4. The molecule has 116 valence electrons. The third-order valence-electron chi connectivity index (χ3n) is 3.55. The number of aryl methyl sites for hydroxylation is 1. The lowest BCUT2D eigenvalue weighted by atomic mass is 10.1. The van der Waals surface area contributed by atoms with Crippen molar-refractivity contribution in [3.63, 3.8) is 0 Å². The number of ether oxygens (including phenoxy) is 1. The predicted octanol–water partition coefficient (Wildman–Crippen LogP) is 2.12. The Hall–Kier alpha value is -2.41. The van der Waals surface area contributed by atoms with E-state index >= 15 is 0 Å². The zero-order valence-corrected chi connectivity index (χ0v) is 12.7. The summed E-state index contributed by atoms with van der Waals surface area (Å²) >= 11 is 0. The number of hydrogen-bond acceptors (Lipinski definition) is 6. The van der Waals surface area contributed by atoms with Crippen molar-refractivity contribution in [1.82, 2.24) is 15.5 Å². The SMILES string of the molecule is Cc1noc([C@H](C)N[C@H](C)c2ccc3c(c2)NC(=O)CO3)n1. The van der Waals surface area contributed by atoms with E-state index in [4.69, 9.17) is 9.26 Å². The lowest BCUT2D eigenvalue weighted by Gasteiger charge is -2.22. The van der Waals surface area contributed by atoms with E-state index in [1.165, 1.54) is 0 Å². The molecule has 0 radical (unpaired) electrons. The average Bonchev–Trinajstić information content (AvgIpc) is 2.93. The summed E-state index contributed by atoms with van der Waals surface area (Å²) in [5, 5.41) is 10.00. The average molecular weight is 302 g/mol. The molecule has 0 spiro atoms. The molecule has 7 nitrogen and oxygen atoms in total. The van der Waals surface area contributed by atoms with Gasteiger partial charge in [-0.15, -0.1) is 0 Å². The molecule has 0 bridgehead atoms. The van der Waals surface area contributed by atoms with E-state index < -0.39 is 0 Å². The summed E-state index contributed by atoms with van der Waals surface area (Å²) < 4.78 is 10.5. The first kappa shape index (κ1) is 14.5. The van der Waals surface area contributed by atoms with Crippen molar-refractivity contribution in [1.29, 1.82) is 0 Å². The van der Waals surface area contributed by atoms with Gasteiger partial charge in [0.25, 0.3) is 5.91 Å². The Labute approximate surface area is 128 Å². The van der Waals surface area contributed by atoms with Crippen LogP contribution in [0.5, 0.6) is 5.75 Å². The number of fused-ring (bicyclic) bond motifs is 1. The summed E-state index contributed by atoms with van der Waals surface area (Å²) in [6, 6.07) is 5.73. The number of aromatic nitrogens is 2. The van der Waals surface area contributed by atoms with Gasteiger partial charge >= 0.3 is 0 Å². The van der Waals surface area contributed by atoms with Gasteiger partial charge in [0.15, 0.2) is 12.4 Å². The van der Waals surface area contributed by atoms with Gasteiger partial charge in [0.1, 0.15) is 5.75 Å². The number of rotatable bonds is 4. The monoisotopic (exact) mass is 302 g/mol. The van der Waals surface area contributed by atoms with Gasteiger partial charge in [0, 0.05) is 6.04 Å². The molecule has 0 fully saturated rings. The van der Waals surface area contributed by atoms with Gasteiger partial charge in [-0.05, 0) is 38.5 Å². The van der Waals surface area contributed by atoms with Gasteiger partial charge in [-0.2, -0.15) is 4.98 Å². The first-order valence-corrected chi connectivity index (χ1v) is 7.16. The molecule has 1 aliphatic heterocycles. The summed E-state index contributed by atoms with van der Waals surface area (Å²) in [5.41, 5.74) is 1.73. The molecule has 0 saturated carbocycles. The molecule has 0 unspecified atom stereocenters. The first-order valence-electron chi connectivity index (χ1n) is 7.16. The highest BCUT2D eigenvalue weighted by Gasteiger charge is 2.20. The van der Waals surface area contributed by atoms with Crippen LogP contribution in [0.4, 0.5) is 5.69 Å². The number of carbonyl (C=O) groups is 1. The maximum atomic E-state index is 11.4. The van der Waals surface area contributed by atoms with E-state index in [1.54, 1.807) is 6.92 Å². The highest BCUT2D eigenvalue weighted by Crippen LogP contribution is 2.31. The molecule has 2 atom stereocenters. The van der Waals surface area contributed by atoms with Gasteiger partial charge in [-0.25, -0.2) is 0 Å². The largest absolute Gasteiger partial charge is 0.482 e. The minimum absolute atomic E-state index is 0.0475. The van der Waals surface area contributed by atoms with E-state index in [-0.39, 0.29) is 24.6 Å². The number of amides is 1. The van der Waals surface area contributed by atoms with Crippen LogP contribution >= 0.6 is 0 Å². The van der Waals surface area contributed by atoms with Crippen molar-refractivity contribution in [2.45, 2.75) is 32.9 Å². The Kier molecular flexibility index (Phi) is 3.81. The van der Waals surface area contributed by atoms with Gasteiger partial charge in [0.05, 0.1) is 11.7 Å². The molecule has 0 saturated heterocycles. The van der Waals surface area contributed by atoms with E-state index in [0.717, 1.165) is 5.56 Å². The highest BCUT2D eigenvalue weighted by atomic mass is 16.5. The lowest BCUT2D eigenvalue weighted by Crippen LogP contribution is -2.26. The van der Waals surface area contributed by atoms with Crippen LogP contribution < -0.4 is 15.4 Å². The van der Waals surface area contributed by atoms with Crippen molar-refractivity contribution in [2.24, 2.45) is 0 Å². The van der Waals surface area contributed by atoms with Crippen LogP contribution in [0.1, 0.15) is 43.2 Å². The molecule has 1 aliphatic rings. The second-order valence-corrected chi connectivity index (χ2v) is 5.38. The number of benzene rings is 1. The van der Waals surface area contributed by atoms with Gasteiger partial charge in [-0.3, -0.25) is 10.1 Å². The van der Waals surface area contributed by atoms with E-state index in [2.05, 4.69) is 20.8 Å². The number of nitrogens with one attached hydrogen (secondary N) is 2. The minimum atomic E-state index is -0.139. The fourth-order valence-electron chi connectivity index (χ4n) is 2.40. The molecule has 3 rings (SSSR count). The van der Waals surface area contributed by atoms with Gasteiger partial charge in [0.2, 0.25) is 5.89 Å². The topological polar surface area (TPSA) is 89.3 Å². The van der Waals surface area contributed by atoms with Crippen molar-refractivity contribution in [3.05, 3.63) is 35.5 Å². The molecule has 1 aromatic heterocycles. The fourth-order valence-corrected chi connectivity index (χ4v) is 2.40. The van der Waals surface area contributed by atoms with Crippen molar-refractivity contribution in [2.75, 3.05) is 11.9 Å². The molecular weight excluding hydrogens is 284 g/mol. The number of hydrogen-bond donors (Lipinski definition) is 2. The number of nitrogens with zero attached hydrogens (tertiary/aromatic N) is 2. The summed E-state index contributed by atoms with van der Waals surface area (Å²) in [6.07, 6.45) is 0. The molecule has 1 aromatic carbocycles. The second kappa shape index (κ2) is 5.76. The molecular formula is C15H18N4O3. The summed E-state index contributed by atoms with van der Waals surface area (Å²) in [4.78, 5) is 15.6. The van der Waals surface area contributed by atoms with Crippen LogP contribution in [-0.4, -0.2) is 22.7 Å². The van der Waals surface area contributed by atoms with Crippen LogP contribution in [0.2, 0.25) is 0 Å². The van der Waals surface area contributed by atoms with Gasteiger partial charge < -0.3 is 14.6 Å². The quantitative estimate of drug-likeness (QED) is 0.899. The van der Waals surface area contributed by atoms with Crippen LogP contribution in [0.25, 0.3) is 0 Å². The molecule has 0 aliphatic carbocycles.